The minimum Gasteiger partial charge on any atom is -0.375 e. The van der Waals surface area contributed by atoms with E-state index in [0.29, 0.717) is 0 Å². The van der Waals surface area contributed by atoms with Crippen molar-refractivity contribution in [1.82, 2.24) is 5.32 Å². The standard InChI is InChI=1S/C17H16F3NO2/c1-23-15(12-5-3-2-4-6-12)11-21-16(22)13-7-9-14(10-8-13)17(18,19)20/h2-10,15H,11H2,1H3,(H,21,22). The van der Waals surface area contributed by atoms with Crippen LogP contribution in [0.5, 0.6) is 0 Å². The topological polar surface area (TPSA) is 38.3 Å². The van der Waals surface area contributed by atoms with Gasteiger partial charge in [-0.05, 0) is 29.8 Å². The zero-order chi connectivity index (χ0) is 16.9. The van der Waals surface area contributed by atoms with E-state index in [1.165, 1.54) is 7.11 Å². The van der Waals surface area contributed by atoms with Gasteiger partial charge in [-0.25, -0.2) is 0 Å². The predicted octanol–water partition coefficient (Wildman–Crippen LogP) is 3.82. The van der Waals surface area contributed by atoms with Crippen molar-refractivity contribution in [3.63, 3.8) is 0 Å². The first-order chi connectivity index (χ1) is 10.9. The molecule has 122 valence electrons. The van der Waals surface area contributed by atoms with Crippen molar-refractivity contribution in [3.8, 4) is 0 Å². The van der Waals surface area contributed by atoms with Gasteiger partial charge in [-0.2, -0.15) is 13.2 Å². The molecule has 3 nitrogen and oxygen atoms in total. The Morgan fingerprint density at radius 1 is 1.09 bits per heavy atom. The molecule has 2 rings (SSSR count). The number of carbonyl (C=O) groups is 1. The number of rotatable bonds is 5. The monoisotopic (exact) mass is 323 g/mol. The van der Waals surface area contributed by atoms with Gasteiger partial charge in [0.2, 0.25) is 0 Å². The van der Waals surface area contributed by atoms with Crippen LogP contribution in [0.15, 0.2) is 54.6 Å². The molecule has 1 atom stereocenters. The number of alkyl halides is 3. The number of nitrogens with one attached hydrogen (secondary N) is 1. The first-order valence-electron chi connectivity index (χ1n) is 6.95. The Balaban J connectivity index is 1.99. The Labute approximate surface area is 132 Å². The lowest BCUT2D eigenvalue weighted by Crippen LogP contribution is -2.29. The summed E-state index contributed by atoms with van der Waals surface area (Å²) >= 11 is 0. The highest BCUT2D eigenvalue weighted by Gasteiger charge is 2.30. The van der Waals surface area contributed by atoms with Crippen molar-refractivity contribution in [2.75, 3.05) is 13.7 Å². The molecule has 0 aromatic heterocycles. The Kier molecular flexibility index (Phi) is 5.39. The summed E-state index contributed by atoms with van der Waals surface area (Å²) < 4.78 is 42.8. The third kappa shape index (κ3) is 4.56. The molecule has 0 saturated carbocycles. The number of halogens is 3. The van der Waals surface area contributed by atoms with Gasteiger partial charge < -0.3 is 10.1 Å². The van der Waals surface area contributed by atoms with Crippen LogP contribution in [0, 0.1) is 0 Å². The summed E-state index contributed by atoms with van der Waals surface area (Å²) in [4.78, 5) is 12.0. The molecular weight excluding hydrogens is 307 g/mol. The van der Waals surface area contributed by atoms with Gasteiger partial charge >= 0.3 is 6.18 Å². The summed E-state index contributed by atoms with van der Waals surface area (Å²) in [6.07, 6.45) is -4.74. The molecule has 0 aliphatic rings. The molecule has 0 saturated heterocycles. The lowest BCUT2D eigenvalue weighted by molar-refractivity contribution is -0.137. The minimum atomic E-state index is -4.41. The number of hydrogen-bond acceptors (Lipinski definition) is 2. The van der Waals surface area contributed by atoms with Crippen molar-refractivity contribution < 1.29 is 22.7 Å². The van der Waals surface area contributed by atoms with Crippen LogP contribution in [0.2, 0.25) is 0 Å². The SMILES string of the molecule is COC(CNC(=O)c1ccc(C(F)(F)F)cc1)c1ccccc1. The molecule has 1 amide bonds. The molecule has 0 fully saturated rings. The first-order valence-corrected chi connectivity index (χ1v) is 6.95. The molecule has 23 heavy (non-hydrogen) atoms. The molecule has 1 unspecified atom stereocenters. The van der Waals surface area contributed by atoms with Crippen LogP contribution in [0.1, 0.15) is 27.6 Å². The van der Waals surface area contributed by atoms with E-state index in [9.17, 15) is 18.0 Å². The van der Waals surface area contributed by atoms with Gasteiger partial charge in [0.1, 0.15) is 0 Å². The average molecular weight is 323 g/mol. The number of ether oxygens (including phenoxy) is 1. The van der Waals surface area contributed by atoms with Crippen LogP contribution in [0.3, 0.4) is 0 Å². The van der Waals surface area contributed by atoms with Crippen LogP contribution in [-0.4, -0.2) is 19.6 Å². The Morgan fingerprint density at radius 3 is 2.22 bits per heavy atom. The molecule has 0 aliphatic carbocycles. The van der Waals surface area contributed by atoms with Crippen molar-refractivity contribution in [2.24, 2.45) is 0 Å². The fraction of sp³-hybridized carbons (Fsp3) is 0.235. The van der Waals surface area contributed by atoms with Crippen molar-refractivity contribution in [3.05, 3.63) is 71.3 Å². The predicted molar refractivity (Wildman–Crippen MR) is 80.0 cm³/mol. The van der Waals surface area contributed by atoms with Crippen LogP contribution in [0.4, 0.5) is 13.2 Å². The van der Waals surface area contributed by atoms with Crippen molar-refractivity contribution in [2.45, 2.75) is 12.3 Å². The lowest BCUT2D eigenvalue weighted by Gasteiger charge is -2.16. The van der Waals surface area contributed by atoms with E-state index in [2.05, 4.69) is 5.32 Å². The van der Waals surface area contributed by atoms with Gasteiger partial charge in [-0.1, -0.05) is 30.3 Å². The third-order valence-electron chi connectivity index (χ3n) is 3.38. The van der Waals surface area contributed by atoms with Gasteiger partial charge in [0, 0.05) is 19.2 Å². The van der Waals surface area contributed by atoms with Crippen LogP contribution in [-0.2, 0) is 10.9 Å². The van der Waals surface area contributed by atoms with Gasteiger partial charge in [-0.15, -0.1) is 0 Å². The number of amides is 1. The summed E-state index contributed by atoms with van der Waals surface area (Å²) in [6.45, 7) is 0.223. The van der Waals surface area contributed by atoms with E-state index in [0.717, 1.165) is 29.8 Å². The normalized spacial score (nSPS) is 12.7. The van der Waals surface area contributed by atoms with Gasteiger partial charge in [-0.3, -0.25) is 4.79 Å². The lowest BCUT2D eigenvalue weighted by atomic mass is 10.1. The van der Waals surface area contributed by atoms with E-state index in [-0.39, 0.29) is 18.2 Å². The second-order valence-corrected chi connectivity index (χ2v) is 4.92. The number of methoxy groups -OCH3 is 1. The summed E-state index contributed by atoms with van der Waals surface area (Å²) in [7, 11) is 1.53. The number of benzene rings is 2. The summed E-state index contributed by atoms with van der Waals surface area (Å²) in [5, 5.41) is 2.66. The van der Waals surface area contributed by atoms with Crippen LogP contribution < -0.4 is 5.32 Å². The maximum absolute atomic E-state index is 12.5. The zero-order valence-electron chi connectivity index (χ0n) is 12.4. The van der Waals surface area contributed by atoms with Crippen LogP contribution in [0.25, 0.3) is 0 Å². The maximum atomic E-state index is 12.5. The smallest absolute Gasteiger partial charge is 0.375 e. The Bertz CT molecular complexity index is 639. The molecule has 0 spiro atoms. The van der Waals surface area contributed by atoms with Gasteiger partial charge in [0.25, 0.3) is 5.91 Å². The molecule has 0 heterocycles. The Morgan fingerprint density at radius 2 is 1.70 bits per heavy atom. The molecule has 2 aromatic carbocycles. The molecule has 2 aromatic rings. The molecule has 0 bridgehead atoms. The highest BCUT2D eigenvalue weighted by atomic mass is 19.4. The highest BCUT2D eigenvalue weighted by Crippen LogP contribution is 2.29. The van der Waals surface area contributed by atoms with E-state index >= 15 is 0 Å². The van der Waals surface area contributed by atoms with E-state index in [4.69, 9.17) is 4.74 Å². The van der Waals surface area contributed by atoms with E-state index < -0.39 is 17.6 Å². The quantitative estimate of drug-likeness (QED) is 0.908. The molecule has 6 heteroatoms. The van der Waals surface area contributed by atoms with Crippen LogP contribution >= 0.6 is 0 Å². The third-order valence-corrected chi connectivity index (χ3v) is 3.38. The van der Waals surface area contributed by atoms with Gasteiger partial charge in [0.15, 0.2) is 0 Å². The second kappa shape index (κ2) is 7.28. The second-order valence-electron chi connectivity index (χ2n) is 4.92. The van der Waals surface area contributed by atoms with E-state index in [1.807, 2.05) is 30.3 Å². The largest absolute Gasteiger partial charge is 0.416 e. The summed E-state index contributed by atoms with van der Waals surface area (Å²) in [5.74, 6) is -0.447. The number of carbonyl (C=O) groups excluding carboxylic acids is 1. The first kappa shape index (κ1) is 17.0. The minimum absolute atomic E-state index is 0.168. The Hall–Kier alpha value is -2.34. The zero-order valence-corrected chi connectivity index (χ0v) is 12.4. The van der Waals surface area contributed by atoms with Gasteiger partial charge in [0.05, 0.1) is 11.7 Å². The number of hydrogen-bond donors (Lipinski definition) is 1. The van der Waals surface area contributed by atoms with Crippen molar-refractivity contribution in [1.29, 1.82) is 0 Å². The van der Waals surface area contributed by atoms with Crippen molar-refractivity contribution >= 4 is 5.91 Å². The molecular formula is C17H16F3NO2. The summed E-state index contributed by atoms with van der Waals surface area (Å²) in [6, 6.07) is 13.4. The van der Waals surface area contributed by atoms with E-state index in [1.54, 1.807) is 0 Å². The molecule has 0 aliphatic heterocycles. The fourth-order valence-corrected chi connectivity index (χ4v) is 2.10. The molecule has 1 N–H and O–H groups in total. The summed E-state index contributed by atoms with van der Waals surface area (Å²) in [5.41, 5.74) is 0.289. The average Bonchev–Trinajstić information content (AvgIpc) is 2.55. The maximum Gasteiger partial charge on any atom is 0.416 e. The molecule has 0 radical (unpaired) electrons. The highest BCUT2D eigenvalue weighted by molar-refractivity contribution is 5.94. The fourth-order valence-electron chi connectivity index (χ4n) is 2.10.